The maximum absolute atomic E-state index is 12.9. The summed E-state index contributed by atoms with van der Waals surface area (Å²) in [5.41, 5.74) is 19.3. The minimum atomic E-state index is -5.36. The zero-order valence-electron chi connectivity index (χ0n) is 43.6. The average molecular weight is 1320 g/mol. The predicted molar refractivity (Wildman–Crippen MR) is 312 cm³/mol. The summed E-state index contributed by atoms with van der Waals surface area (Å²) in [4.78, 5) is -4.73. The lowest BCUT2D eigenvalue weighted by molar-refractivity contribution is 0.480. The monoisotopic (exact) mass is 1320 g/mol. The number of benzene rings is 8. The minimum absolute atomic E-state index is 0.111. The highest BCUT2D eigenvalue weighted by Crippen LogP contribution is 2.46. The molecule has 0 spiro atoms. The smallest absolute Gasteiger partial charge is 0.296 e. The van der Waals surface area contributed by atoms with Crippen LogP contribution in [-0.4, -0.2) is 77.8 Å². The van der Waals surface area contributed by atoms with E-state index in [1.165, 1.54) is 72.8 Å². The number of nitrogen functional groups attached to an aromatic ring is 4. The van der Waals surface area contributed by atoms with Crippen LogP contribution in [0, 0.1) is 0 Å². The molecule has 0 fully saturated rings. The summed E-state index contributed by atoms with van der Waals surface area (Å²) in [5, 5.41) is 47.3. The summed E-state index contributed by atoms with van der Waals surface area (Å²) >= 11 is 0. The van der Waals surface area contributed by atoms with Crippen LogP contribution >= 0.6 is 0 Å². The number of nitrogens with zero attached hydrogens (tertiary/aromatic N) is 12. The van der Waals surface area contributed by atoms with Crippen molar-refractivity contribution < 1.29 is 77.8 Å². The molecule has 8 aromatic carbocycles. The van der Waals surface area contributed by atoms with Gasteiger partial charge in [-0.2, -0.15) is 91.4 Å². The topological polar surface area (TPSA) is 579 Å². The van der Waals surface area contributed by atoms with Crippen LogP contribution in [0.1, 0.15) is 0 Å². The van der Waals surface area contributed by atoms with Crippen LogP contribution in [0.25, 0.3) is 11.1 Å². The summed E-state index contributed by atoms with van der Waals surface area (Å²) in [6, 6.07) is 27.6. The number of azo groups is 6. The van der Waals surface area contributed by atoms with E-state index in [1.807, 2.05) is 0 Å². The van der Waals surface area contributed by atoms with Gasteiger partial charge in [-0.1, -0.05) is 12.1 Å². The van der Waals surface area contributed by atoms with Gasteiger partial charge in [-0.05, 0) is 133 Å². The van der Waals surface area contributed by atoms with Crippen LogP contribution in [0.4, 0.5) is 91.0 Å². The molecule has 8 rings (SSSR count). The molecule has 454 valence electrons. The zero-order valence-corrected chi connectivity index (χ0v) is 48.5. The Morgan fingerprint density at radius 1 is 0.239 bits per heavy atom. The fraction of sp³-hybridized carbons (Fsp3) is 0. The van der Waals surface area contributed by atoms with Crippen LogP contribution in [0.3, 0.4) is 0 Å². The van der Waals surface area contributed by atoms with Gasteiger partial charge in [0.05, 0.1) is 78.0 Å². The molecule has 0 amide bonds. The molecule has 14 N–H and O–H groups in total. The number of nitrogens with two attached hydrogens (primary N) is 4. The quantitative estimate of drug-likeness (QED) is 0.0204. The van der Waals surface area contributed by atoms with Gasteiger partial charge in [0.1, 0.15) is 42.3 Å². The van der Waals surface area contributed by atoms with E-state index in [0.717, 1.165) is 48.5 Å². The molecule has 0 aliphatic carbocycles. The molecule has 0 bridgehead atoms. The highest BCUT2D eigenvalue weighted by molar-refractivity contribution is 7.87. The van der Waals surface area contributed by atoms with Crippen LogP contribution in [0.2, 0.25) is 0 Å². The SMILES string of the molecule is Nc1c(N=Nc2ccc(-c3ccc(N=Nc4cc(S(=O)(=O)O)c(N)c(N=Nc5ccc(N=Nc6ccc(S(=O)(=O)O)cc6)cc5)c4N)cc3S(=O)(=O)O)c(S(=O)(=O)O)c2)cc(S(=O)(=O)O)c(N)c1N=Nc1ccc(N=Nc2ccc(S(=O)(=O)O)cc2)cc1. The summed E-state index contributed by atoms with van der Waals surface area (Å²) < 4.78 is 206. The molecule has 88 heavy (non-hydrogen) atoms. The minimum Gasteiger partial charge on any atom is -0.396 e. The molecule has 0 heterocycles. The Balaban J connectivity index is 1.06. The maximum Gasteiger partial charge on any atom is 0.296 e. The molecule has 0 aromatic heterocycles. The Morgan fingerprint density at radius 3 is 0.716 bits per heavy atom. The Hall–Kier alpha value is -9.98. The second-order valence-electron chi connectivity index (χ2n) is 17.6. The molecule has 40 heteroatoms. The van der Waals surface area contributed by atoms with Crippen molar-refractivity contribution >= 4 is 152 Å². The van der Waals surface area contributed by atoms with E-state index in [-0.39, 0.29) is 43.9 Å². The predicted octanol–water partition coefficient (Wildman–Crippen LogP) is 11.7. The molecule has 8 aromatic rings. The van der Waals surface area contributed by atoms with Crippen molar-refractivity contribution in [2.75, 3.05) is 22.9 Å². The van der Waals surface area contributed by atoms with E-state index >= 15 is 0 Å². The van der Waals surface area contributed by atoms with Crippen molar-refractivity contribution in [3.8, 4) is 11.1 Å². The second-order valence-corrected chi connectivity index (χ2v) is 26.0. The Morgan fingerprint density at radius 2 is 0.466 bits per heavy atom. The lowest BCUT2D eigenvalue weighted by Gasteiger charge is -2.13. The van der Waals surface area contributed by atoms with Crippen LogP contribution in [-0.2, 0) is 60.7 Å². The molecule has 0 unspecified atom stereocenters. The molecule has 0 radical (unpaired) electrons. The van der Waals surface area contributed by atoms with E-state index in [0.29, 0.717) is 24.3 Å². The van der Waals surface area contributed by atoms with Gasteiger partial charge in [0.15, 0.2) is 0 Å². The molecule has 0 aliphatic heterocycles. The molecule has 34 nitrogen and oxygen atoms in total. The van der Waals surface area contributed by atoms with Gasteiger partial charge in [0.2, 0.25) is 0 Å². The third kappa shape index (κ3) is 15.5. The van der Waals surface area contributed by atoms with Crippen LogP contribution in [0.15, 0.2) is 236 Å². The van der Waals surface area contributed by atoms with Gasteiger partial charge in [0.25, 0.3) is 60.7 Å². The fourth-order valence-corrected chi connectivity index (χ4v) is 11.0. The fourth-order valence-electron chi connectivity index (χ4n) is 7.36. The summed E-state index contributed by atoms with van der Waals surface area (Å²) in [6.07, 6.45) is 0. The lowest BCUT2D eigenvalue weighted by atomic mass is 10.0. The zero-order chi connectivity index (χ0) is 64.3. The number of hydrogen-bond acceptors (Lipinski definition) is 28. The second kappa shape index (κ2) is 24.8. The van der Waals surface area contributed by atoms with Crippen molar-refractivity contribution in [1.29, 1.82) is 0 Å². The van der Waals surface area contributed by atoms with Crippen molar-refractivity contribution in [3.05, 3.63) is 146 Å². The first kappa shape index (κ1) is 64.0. The Kier molecular flexibility index (Phi) is 18.0. The van der Waals surface area contributed by atoms with Gasteiger partial charge in [0, 0.05) is 11.1 Å². The van der Waals surface area contributed by atoms with Gasteiger partial charge >= 0.3 is 0 Å². The lowest BCUT2D eigenvalue weighted by Crippen LogP contribution is -2.05. The van der Waals surface area contributed by atoms with E-state index in [1.54, 1.807) is 0 Å². The first-order valence-electron chi connectivity index (χ1n) is 23.5. The standard InChI is InChI=1S/C48H38N16O18S6/c49-43-37(23-41(87(77,78)79)45(51)47(43)63-57-27-5-1-25(2-6-27)53-55-29-9-15-33(16-10-29)83(65,66)67)61-59-31-13-19-35(39(21-31)85(71,72)73)36-20-14-32(22-40(36)86(74,75)76)60-62-38-24-42(88(80,81)82)46(52)48(44(38)50)64-58-28-7-3-26(4-8-28)54-56-30-11-17-34(18-12-30)84(68,69)70/h1-24H,49-52H2,(H,65,66,67)(H,68,69,70)(H,71,72,73)(H,74,75,76)(H,77,78,79)(H,80,81,82). The van der Waals surface area contributed by atoms with Crippen molar-refractivity contribution in [3.63, 3.8) is 0 Å². The summed E-state index contributed by atoms with van der Waals surface area (Å²) in [5.74, 6) is 0. The third-order valence-electron chi connectivity index (χ3n) is 11.6. The van der Waals surface area contributed by atoms with Gasteiger partial charge in [-0.3, -0.25) is 27.3 Å². The number of rotatable bonds is 19. The van der Waals surface area contributed by atoms with E-state index in [4.69, 9.17) is 32.0 Å². The molecule has 0 saturated carbocycles. The molecular weight excluding hydrogens is 1280 g/mol. The summed E-state index contributed by atoms with van der Waals surface area (Å²) in [6.45, 7) is 0. The first-order valence-corrected chi connectivity index (χ1v) is 32.2. The van der Waals surface area contributed by atoms with Crippen molar-refractivity contribution in [2.45, 2.75) is 29.4 Å². The Labute approximate surface area is 497 Å². The normalized spacial score (nSPS) is 13.1. The van der Waals surface area contributed by atoms with E-state index in [2.05, 4.69) is 61.4 Å². The third-order valence-corrected chi connectivity index (χ3v) is 16.9. The van der Waals surface area contributed by atoms with Gasteiger partial charge in [-0.15, -0.1) is 20.5 Å². The van der Waals surface area contributed by atoms with E-state index < -0.39 is 148 Å². The molecule has 0 atom stereocenters. The first-order chi connectivity index (χ1) is 41.0. The largest absolute Gasteiger partial charge is 0.396 e. The van der Waals surface area contributed by atoms with Crippen LogP contribution in [0.5, 0.6) is 0 Å². The van der Waals surface area contributed by atoms with Gasteiger partial charge in [-0.25, -0.2) is 0 Å². The number of hydrogen-bond donors (Lipinski definition) is 10. The molecule has 0 saturated heterocycles. The number of anilines is 4. The maximum atomic E-state index is 12.9. The van der Waals surface area contributed by atoms with Crippen LogP contribution < -0.4 is 22.9 Å². The molecule has 0 aliphatic rings. The average Bonchev–Trinajstić information content (AvgIpc) is 1.38. The Bertz CT molecular complexity index is 4720. The van der Waals surface area contributed by atoms with Crippen molar-refractivity contribution in [1.82, 2.24) is 0 Å². The van der Waals surface area contributed by atoms with Crippen molar-refractivity contribution in [2.24, 2.45) is 61.4 Å². The van der Waals surface area contributed by atoms with E-state index in [9.17, 15) is 68.7 Å². The molecular formula is C48H38N16O18S6. The highest BCUT2D eigenvalue weighted by Gasteiger charge is 2.27. The van der Waals surface area contributed by atoms with Gasteiger partial charge < -0.3 is 22.9 Å². The highest BCUT2D eigenvalue weighted by atomic mass is 32.2. The summed E-state index contributed by atoms with van der Waals surface area (Å²) in [7, 11) is -29.9.